The average molecular weight is 310 g/mol. The van der Waals surface area contributed by atoms with E-state index >= 15 is 0 Å². The fourth-order valence-corrected chi connectivity index (χ4v) is 3.25. The Bertz CT molecular complexity index is 667. The van der Waals surface area contributed by atoms with E-state index in [1.165, 1.54) is 11.3 Å². The van der Waals surface area contributed by atoms with Gasteiger partial charge in [-0.05, 0) is 31.7 Å². The third kappa shape index (κ3) is 2.81. The quantitative estimate of drug-likeness (QED) is 0.634. The molecule has 0 atom stereocenters. The Kier molecular flexibility index (Phi) is 4.33. The molecule has 1 aromatic rings. The van der Waals surface area contributed by atoms with Crippen LogP contribution in [0, 0.1) is 6.92 Å². The minimum absolute atomic E-state index is 0.188. The predicted octanol–water partition coefficient (Wildman–Crippen LogP) is 2.75. The van der Waals surface area contributed by atoms with Crippen molar-refractivity contribution in [1.82, 2.24) is 9.80 Å². The summed E-state index contributed by atoms with van der Waals surface area (Å²) in [6, 6.07) is 7.81. The fourth-order valence-electron chi connectivity index (χ4n) is 3.25. The van der Waals surface area contributed by atoms with Gasteiger partial charge in [-0.1, -0.05) is 35.9 Å². The van der Waals surface area contributed by atoms with E-state index in [1.54, 1.807) is 6.08 Å². The van der Waals surface area contributed by atoms with E-state index in [0.717, 1.165) is 37.1 Å². The van der Waals surface area contributed by atoms with E-state index in [4.69, 9.17) is 0 Å². The molecule has 1 fully saturated rings. The first-order valence-corrected chi connectivity index (χ1v) is 8.17. The van der Waals surface area contributed by atoms with E-state index in [1.807, 2.05) is 31.2 Å². The highest BCUT2D eigenvalue weighted by atomic mass is 16.2. The van der Waals surface area contributed by atoms with Crippen LogP contribution in [0.5, 0.6) is 0 Å². The van der Waals surface area contributed by atoms with Crippen LogP contribution in [0.2, 0.25) is 0 Å². The van der Waals surface area contributed by atoms with Crippen LogP contribution >= 0.6 is 0 Å². The second-order valence-corrected chi connectivity index (χ2v) is 6.15. The first-order chi connectivity index (χ1) is 11.1. The van der Waals surface area contributed by atoms with E-state index in [-0.39, 0.29) is 18.4 Å². The SMILES string of the molecule is C=CCN1C(=O)C(c2ccc(C)cc2)=C(N2CCCCC2)C1=O. The number of hydrogen-bond donors (Lipinski definition) is 0. The van der Waals surface area contributed by atoms with Gasteiger partial charge in [-0.25, -0.2) is 0 Å². The lowest BCUT2D eigenvalue weighted by atomic mass is 10.0. The molecule has 0 spiro atoms. The molecular formula is C19H22N2O2. The molecule has 0 unspecified atom stereocenters. The van der Waals surface area contributed by atoms with E-state index in [9.17, 15) is 9.59 Å². The number of nitrogens with zero attached hydrogens (tertiary/aromatic N) is 2. The molecule has 1 saturated heterocycles. The molecule has 0 radical (unpaired) electrons. The molecule has 2 aliphatic heterocycles. The molecule has 23 heavy (non-hydrogen) atoms. The highest BCUT2D eigenvalue weighted by Gasteiger charge is 2.41. The molecule has 2 heterocycles. The molecule has 4 nitrogen and oxygen atoms in total. The van der Waals surface area contributed by atoms with Gasteiger partial charge < -0.3 is 4.90 Å². The van der Waals surface area contributed by atoms with E-state index < -0.39 is 0 Å². The summed E-state index contributed by atoms with van der Waals surface area (Å²) in [5.74, 6) is -0.397. The van der Waals surface area contributed by atoms with Crippen molar-refractivity contribution in [2.45, 2.75) is 26.2 Å². The van der Waals surface area contributed by atoms with Gasteiger partial charge in [-0.15, -0.1) is 6.58 Å². The molecule has 120 valence electrons. The first-order valence-electron chi connectivity index (χ1n) is 8.17. The zero-order chi connectivity index (χ0) is 16.4. The minimum Gasteiger partial charge on any atom is -0.366 e. The van der Waals surface area contributed by atoms with E-state index in [2.05, 4.69) is 11.5 Å². The number of imide groups is 1. The lowest BCUT2D eigenvalue weighted by molar-refractivity contribution is -0.136. The number of hydrogen-bond acceptors (Lipinski definition) is 3. The molecule has 2 aliphatic rings. The van der Waals surface area contributed by atoms with Crippen LogP contribution < -0.4 is 0 Å². The van der Waals surface area contributed by atoms with Crippen LogP contribution in [0.4, 0.5) is 0 Å². The second kappa shape index (κ2) is 6.41. The topological polar surface area (TPSA) is 40.6 Å². The van der Waals surface area contributed by atoms with Crippen LogP contribution in [0.15, 0.2) is 42.6 Å². The minimum atomic E-state index is -0.209. The highest BCUT2D eigenvalue weighted by molar-refractivity contribution is 6.35. The fraction of sp³-hybridized carbons (Fsp3) is 0.368. The Hall–Kier alpha value is -2.36. The largest absolute Gasteiger partial charge is 0.366 e. The number of aryl methyl sites for hydroxylation is 1. The van der Waals surface area contributed by atoms with Gasteiger partial charge in [0.15, 0.2) is 0 Å². The van der Waals surface area contributed by atoms with Crippen molar-refractivity contribution in [3.63, 3.8) is 0 Å². The summed E-state index contributed by atoms with van der Waals surface area (Å²) >= 11 is 0. The Morgan fingerprint density at radius 3 is 2.30 bits per heavy atom. The van der Waals surface area contributed by atoms with Crippen molar-refractivity contribution in [1.29, 1.82) is 0 Å². The lowest BCUT2D eigenvalue weighted by Gasteiger charge is -2.29. The summed E-state index contributed by atoms with van der Waals surface area (Å²) in [4.78, 5) is 29.0. The van der Waals surface area contributed by atoms with Gasteiger partial charge in [0, 0.05) is 19.6 Å². The first kappa shape index (κ1) is 15.5. The summed E-state index contributed by atoms with van der Waals surface area (Å²) in [5, 5.41) is 0. The molecule has 3 rings (SSSR count). The zero-order valence-electron chi connectivity index (χ0n) is 13.5. The number of carbonyl (C=O) groups excluding carboxylic acids is 2. The molecule has 2 amide bonds. The summed E-state index contributed by atoms with van der Waals surface area (Å²) in [5.41, 5.74) is 3.06. The van der Waals surface area contributed by atoms with Gasteiger partial charge in [0.1, 0.15) is 5.70 Å². The van der Waals surface area contributed by atoms with Crippen molar-refractivity contribution in [3.8, 4) is 0 Å². The molecular weight excluding hydrogens is 288 g/mol. The maximum Gasteiger partial charge on any atom is 0.278 e. The number of likely N-dealkylation sites (tertiary alicyclic amines) is 1. The van der Waals surface area contributed by atoms with Crippen LogP contribution in [0.3, 0.4) is 0 Å². The van der Waals surface area contributed by atoms with Gasteiger partial charge >= 0.3 is 0 Å². The number of carbonyl (C=O) groups is 2. The summed E-state index contributed by atoms with van der Waals surface area (Å²) in [6.45, 7) is 7.60. The highest BCUT2D eigenvalue weighted by Crippen LogP contribution is 2.33. The monoisotopic (exact) mass is 310 g/mol. The molecule has 0 bridgehead atoms. The molecule has 1 aromatic carbocycles. The predicted molar refractivity (Wildman–Crippen MR) is 90.4 cm³/mol. The number of piperidine rings is 1. The van der Waals surface area contributed by atoms with Gasteiger partial charge in [0.05, 0.1) is 5.57 Å². The van der Waals surface area contributed by atoms with Crippen molar-refractivity contribution < 1.29 is 9.59 Å². The lowest BCUT2D eigenvalue weighted by Crippen LogP contribution is -2.37. The second-order valence-electron chi connectivity index (χ2n) is 6.15. The van der Waals surface area contributed by atoms with Crippen LogP contribution in [-0.4, -0.2) is 41.2 Å². The molecule has 0 aliphatic carbocycles. The van der Waals surface area contributed by atoms with Crippen LogP contribution in [0.1, 0.15) is 30.4 Å². The van der Waals surface area contributed by atoms with Gasteiger partial charge in [0.2, 0.25) is 0 Å². The maximum absolute atomic E-state index is 12.8. The summed E-state index contributed by atoms with van der Waals surface area (Å²) < 4.78 is 0. The van der Waals surface area contributed by atoms with Crippen molar-refractivity contribution in [2.75, 3.05) is 19.6 Å². The van der Waals surface area contributed by atoms with Crippen molar-refractivity contribution in [2.24, 2.45) is 0 Å². The number of benzene rings is 1. The molecule has 0 saturated carbocycles. The Morgan fingerprint density at radius 1 is 1.04 bits per heavy atom. The zero-order valence-corrected chi connectivity index (χ0v) is 13.5. The molecule has 0 aromatic heterocycles. The van der Waals surface area contributed by atoms with Crippen LogP contribution in [0.25, 0.3) is 5.57 Å². The maximum atomic E-state index is 12.8. The Morgan fingerprint density at radius 2 is 1.70 bits per heavy atom. The Balaban J connectivity index is 2.07. The Labute approximate surface area is 137 Å². The molecule has 0 N–H and O–H groups in total. The summed E-state index contributed by atoms with van der Waals surface area (Å²) in [6.07, 6.45) is 4.91. The third-order valence-electron chi connectivity index (χ3n) is 4.47. The summed E-state index contributed by atoms with van der Waals surface area (Å²) in [7, 11) is 0. The normalized spacial score (nSPS) is 18.8. The standard InChI is InChI=1S/C19H22N2O2/c1-3-11-21-18(22)16(15-9-7-14(2)8-10-15)17(19(21)23)20-12-5-4-6-13-20/h3,7-10H,1,4-6,11-13H2,2H3. The average Bonchev–Trinajstić information content (AvgIpc) is 2.81. The molecule has 4 heteroatoms. The third-order valence-corrected chi connectivity index (χ3v) is 4.47. The van der Waals surface area contributed by atoms with Crippen molar-refractivity contribution in [3.05, 3.63) is 53.7 Å². The van der Waals surface area contributed by atoms with Gasteiger partial charge in [-0.3, -0.25) is 14.5 Å². The van der Waals surface area contributed by atoms with E-state index in [0.29, 0.717) is 11.3 Å². The van der Waals surface area contributed by atoms with Crippen LogP contribution in [-0.2, 0) is 9.59 Å². The smallest absolute Gasteiger partial charge is 0.278 e. The number of rotatable bonds is 4. The number of amides is 2. The van der Waals surface area contributed by atoms with Gasteiger partial charge in [0.25, 0.3) is 11.8 Å². The van der Waals surface area contributed by atoms with Gasteiger partial charge in [-0.2, -0.15) is 0 Å². The van der Waals surface area contributed by atoms with Crippen molar-refractivity contribution >= 4 is 17.4 Å².